The molecular weight excluding hydrogens is 302 g/mol. The molecule has 0 bridgehead atoms. The first kappa shape index (κ1) is 16.7. The van der Waals surface area contributed by atoms with Gasteiger partial charge in [-0.05, 0) is 12.1 Å². The Balaban J connectivity index is 3.11. The number of rotatable bonds is 6. The number of likely N-dealkylation sites (N-methyl/N-ethyl adjacent to an activating group) is 1. The fraction of sp³-hybridized carbons (Fsp3) is 0.273. The van der Waals surface area contributed by atoms with Crippen LogP contribution in [0.5, 0.6) is 5.75 Å². The van der Waals surface area contributed by atoms with E-state index < -0.39 is 45.0 Å². The van der Waals surface area contributed by atoms with E-state index in [9.17, 15) is 23.1 Å². The van der Waals surface area contributed by atoms with E-state index in [-0.39, 0.29) is 5.69 Å². The molecule has 0 aliphatic rings. The van der Waals surface area contributed by atoms with Gasteiger partial charge in [-0.3, -0.25) is 9.59 Å². The van der Waals surface area contributed by atoms with Crippen molar-refractivity contribution in [1.82, 2.24) is 10.0 Å². The van der Waals surface area contributed by atoms with Crippen molar-refractivity contribution in [1.29, 1.82) is 0 Å². The predicted octanol–water partition coefficient (Wildman–Crippen LogP) is -1.16. The molecule has 1 atom stereocenters. The van der Waals surface area contributed by atoms with Crippen molar-refractivity contribution in [3.05, 3.63) is 18.2 Å². The van der Waals surface area contributed by atoms with Crippen LogP contribution in [0.3, 0.4) is 0 Å². The molecule has 0 fully saturated rings. The number of nitrogens with two attached hydrogens (primary N) is 1. The molecule has 21 heavy (non-hydrogen) atoms. The number of sulfonamides is 1. The van der Waals surface area contributed by atoms with E-state index in [1.54, 1.807) is 0 Å². The average molecular weight is 317 g/mol. The number of carbonyl (C=O) groups excluding carboxylic acids is 1. The second-order valence-corrected chi connectivity index (χ2v) is 5.80. The Morgan fingerprint density at radius 2 is 2.00 bits per heavy atom. The normalized spacial score (nSPS) is 12.6. The summed E-state index contributed by atoms with van der Waals surface area (Å²) in [6.07, 6.45) is -0.741. The van der Waals surface area contributed by atoms with E-state index in [2.05, 4.69) is 5.32 Å². The molecule has 1 rings (SSSR count). The molecule has 0 aliphatic carbocycles. The second-order valence-electron chi connectivity index (χ2n) is 4.11. The van der Waals surface area contributed by atoms with Crippen LogP contribution in [0.25, 0.3) is 0 Å². The SMILES string of the molecule is CNC(=O)C(CC(=O)O)NS(=O)(=O)c1ccc(N)cc1O. The lowest BCUT2D eigenvalue weighted by Gasteiger charge is -2.16. The quantitative estimate of drug-likeness (QED) is 0.414. The number of carboxylic acids is 1. The van der Waals surface area contributed by atoms with Crippen LogP contribution in [-0.4, -0.2) is 43.6 Å². The van der Waals surface area contributed by atoms with Crippen molar-refractivity contribution in [2.24, 2.45) is 0 Å². The van der Waals surface area contributed by atoms with Gasteiger partial charge in [-0.2, -0.15) is 4.72 Å². The minimum absolute atomic E-state index is 0.153. The number of phenols is 1. The first-order chi connectivity index (χ1) is 9.67. The summed E-state index contributed by atoms with van der Waals surface area (Å²) in [4.78, 5) is 21.7. The van der Waals surface area contributed by atoms with Crippen LogP contribution >= 0.6 is 0 Å². The van der Waals surface area contributed by atoms with Crippen LogP contribution in [0, 0.1) is 0 Å². The molecule has 0 saturated heterocycles. The average Bonchev–Trinajstić information content (AvgIpc) is 2.35. The molecule has 1 aromatic rings. The number of nitrogen functional groups attached to an aromatic ring is 1. The van der Waals surface area contributed by atoms with E-state index in [1.165, 1.54) is 13.1 Å². The molecule has 9 nitrogen and oxygen atoms in total. The van der Waals surface area contributed by atoms with Crippen LogP contribution in [0.4, 0.5) is 5.69 Å². The molecule has 0 heterocycles. The largest absolute Gasteiger partial charge is 0.506 e. The summed E-state index contributed by atoms with van der Waals surface area (Å²) in [5.41, 5.74) is 5.54. The van der Waals surface area contributed by atoms with Crippen LogP contribution in [0.15, 0.2) is 23.1 Å². The smallest absolute Gasteiger partial charge is 0.305 e. The summed E-state index contributed by atoms with van der Waals surface area (Å²) >= 11 is 0. The van der Waals surface area contributed by atoms with Gasteiger partial charge in [-0.1, -0.05) is 0 Å². The van der Waals surface area contributed by atoms with Gasteiger partial charge in [0, 0.05) is 18.8 Å². The lowest BCUT2D eigenvalue weighted by molar-refractivity contribution is -0.139. The maximum Gasteiger partial charge on any atom is 0.305 e. The number of amides is 1. The first-order valence-electron chi connectivity index (χ1n) is 5.71. The molecular formula is C11H15N3O6S. The number of hydrogen-bond donors (Lipinski definition) is 5. The molecule has 0 saturated carbocycles. The minimum Gasteiger partial charge on any atom is -0.506 e. The third-order valence-corrected chi connectivity index (χ3v) is 4.03. The van der Waals surface area contributed by atoms with Gasteiger partial charge < -0.3 is 21.3 Å². The van der Waals surface area contributed by atoms with Gasteiger partial charge >= 0.3 is 5.97 Å². The van der Waals surface area contributed by atoms with E-state index in [0.717, 1.165) is 12.1 Å². The number of aromatic hydroxyl groups is 1. The van der Waals surface area contributed by atoms with Crippen molar-refractivity contribution in [3.8, 4) is 5.75 Å². The Labute approximate surface area is 120 Å². The maximum absolute atomic E-state index is 12.1. The Hall–Kier alpha value is -2.33. The summed E-state index contributed by atoms with van der Waals surface area (Å²) in [6.45, 7) is 0. The highest BCUT2D eigenvalue weighted by molar-refractivity contribution is 7.89. The van der Waals surface area contributed by atoms with Crippen LogP contribution < -0.4 is 15.8 Å². The van der Waals surface area contributed by atoms with Crippen molar-refractivity contribution in [2.45, 2.75) is 17.4 Å². The van der Waals surface area contributed by atoms with Gasteiger partial charge in [0.2, 0.25) is 15.9 Å². The van der Waals surface area contributed by atoms with Gasteiger partial charge in [0.15, 0.2) is 0 Å². The standard InChI is InChI=1S/C11H15N3O6S/c1-13-11(18)7(5-10(16)17)14-21(19,20)9-3-2-6(12)4-8(9)15/h2-4,7,14-15H,5,12H2,1H3,(H,13,18)(H,16,17). The van der Waals surface area contributed by atoms with E-state index in [0.29, 0.717) is 0 Å². The van der Waals surface area contributed by atoms with Crippen molar-refractivity contribution < 1.29 is 28.2 Å². The Kier molecular flexibility index (Phi) is 5.11. The van der Waals surface area contributed by atoms with Crippen molar-refractivity contribution >= 4 is 27.6 Å². The first-order valence-corrected chi connectivity index (χ1v) is 7.20. The molecule has 1 unspecified atom stereocenters. The Bertz CT molecular complexity index is 658. The maximum atomic E-state index is 12.1. The van der Waals surface area contributed by atoms with Crippen LogP contribution in [0.2, 0.25) is 0 Å². The van der Waals surface area contributed by atoms with E-state index in [1.807, 2.05) is 4.72 Å². The van der Waals surface area contributed by atoms with Gasteiger partial charge in [-0.15, -0.1) is 0 Å². The van der Waals surface area contributed by atoms with E-state index in [4.69, 9.17) is 10.8 Å². The Morgan fingerprint density at radius 3 is 2.48 bits per heavy atom. The predicted molar refractivity (Wildman–Crippen MR) is 72.9 cm³/mol. The fourth-order valence-corrected chi connectivity index (χ4v) is 2.82. The number of carbonyl (C=O) groups is 2. The zero-order chi connectivity index (χ0) is 16.2. The summed E-state index contributed by atoms with van der Waals surface area (Å²) in [5.74, 6) is -2.77. The second kappa shape index (κ2) is 6.41. The van der Waals surface area contributed by atoms with Gasteiger partial charge in [0.05, 0.1) is 6.42 Å². The topological polar surface area (TPSA) is 159 Å². The zero-order valence-corrected chi connectivity index (χ0v) is 11.8. The number of anilines is 1. The number of nitrogens with one attached hydrogen (secondary N) is 2. The fourth-order valence-electron chi connectivity index (χ4n) is 1.55. The molecule has 0 aliphatic heterocycles. The van der Waals surface area contributed by atoms with Crippen LogP contribution in [-0.2, 0) is 19.6 Å². The monoisotopic (exact) mass is 317 g/mol. The molecule has 0 radical (unpaired) electrons. The summed E-state index contributed by atoms with van der Waals surface area (Å²) in [7, 11) is -3.05. The molecule has 1 amide bonds. The number of benzene rings is 1. The highest BCUT2D eigenvalue weighted by atomic mass is 32.2. The highest BCUT2D eigenvalue weighted by Crippen LogP contribution is 2.24. The molecule has 0 spiro atoms. The Morgan fingerprint density at radius 1 is 1.38 bits per heavy atom. The van der Waals surface area contributed by atoms with Gasteiger partial charge in [0.1, 0.15) is 16.7 Å². The number of hydrogen-bond acceptors (Lipinski definition) is 6. The van der Waals surface area contributed by atoms with Crippen molar-refractivity contribution in [2.75, 3.05) is 12.8 Å². The molecule has 116 valence electrons. The summed E-state index contributed by atoms with van der Waals surface area (Å²) < 4.78 is 26.1. The summed E-state index contributed by atoms with van der Waals surface area (Å²) in [6, 6.07) is 1.82. The molecule has 6 N–H and O–H groups in total. The molecule has 1 aromatic carbocycles. The third kappa shape index (κ3) is 4.33. The third-order valence-electron chi connectivity index (χ3n) is 2.51. The molecule has 10 heteroatoms. The lowest BCUT2D eigenvalue weighted by Crippen LogP contribution is -2.46. The number of carboxylic acid groups (broad SMARTS) is 1. The lowest BCUT2D eigenvalue weighted by atomic mass is 10.2. The molecule has 0 aromatic heterocycles. The summed E-state index contributed by atoms with van der Waals surface area (Å²) in [5, 5.41) is 20.5. The van der Waals surface area contributed by atoms with Gasteiger partial charge in [-0.25, -0.2) is 8.42 Å². The highest BCUT2D eigenvalue weighted by Gasteiger charge is 2.28. The van der Waals surface area contributed by atoms with E-state index >= 15 is 0 Å². The minimum atomic E-state index is -4.29. The number of aliphatic carboxylic acids is 1. The van der Waals surface area contributed by atoms with Crippen molar-refractivity contribution in [3.63, 3.8) is 0 Å². The number of phenolic OH excluding ortho intramolecular Hbond substituents is 1. The van der Waals surface area contributed by atoms with Crippen LogP contribution in [0.1, 0.15) is 6.42 Å². The van der Waals surface area contributed by atoms with Gasteiger partial charge in [0.25, 0.3) is 0 Å². The zero-order valence-electron chi connectivity index (χ0n) is 11.0.